The van der Waals surface area contributed by atoms with E-state index in [0.717, 1.165) is 12.2 Å². The highest BCUT2D eigenvalue weighted by Gasteiger charge is 2.47. The number of rotatable bonds is 3. The van der Waals surface area contributed by atoms with Gasteiger partial charge in [-0.05, 0) is 48.5 Å². The van der Waals surface area contributed by atoms with E-state index < -0.39 is 17.6 Å². The van der Waals surface area contributed by atoms with E-state index in [1.165, 1.54) is 0 Å². The Kier molecular flexibility index (Phi) is 4.54. The van der Waals surface area contributed by atoms with Crippen molar-refractivity contribution in [2.45, 2.75) is 33.1 Å². The molecule has 0 aromatic rings. The van der Waals surface area contributed by atoms with Gasteiger partial charge in [-0.1, -0.05) is 13.8 Å². The van der Waals surface area contributed by atoms with Gasteiger partial charge in [0.1, 0.15) is 11.5 Å². The topological polar surface area (TPSA) is 104 Å². The van der Waals surface area contributed by atoms with E-state index in [1.54, 1.807) is 0 Å². The van der Waals surface area contributed by atoms with Crippen molar-refractivity contribution in [3.05, 3.63) is 34.8 Å². The quantitative estimate of drug-likeness (QED) is 0.727. The number of aliphatic hydroxyl groups excluding tert-OH is 2. The predicted molar refractivity (Wildman–Crippen MR) is 90.6 cm³/mol. The molecule has 0 bridgehead atoms. The molecule has 0 heterocycles. The summed E-state index contributed by atoms with van der Waals surface area (Å²) >= 11 is 0. The van der Waals surface area contributed by atoms with Crippen LogP contribution >= 0.6 is 0 Å². The minimum atomic E-state index is -1.06. The molecule has 0 aliphatic heterocycles. The zero-order valence-corrected chi connectivity index (χ0v) is 14.4. The second-order valence-electron chi connectivity index (χ2n) is 7.40. The molecule has 0 aromatic heterocycles. The van der Waals surface area contributed by atoms with E-state index in [1.807, 2.05) is 13.8 Å². The standard InChI is InChI=1S/C19H23NO5/c1-9(2)8-20-19(25)10-3-4-11-12(7-10)18(24)16-14(22)6-5-13(21)15(16)17(11)23/h5-6,9-10,15-16,23-24H,3-4,7-8H2,1-2H3,(H,20,25). The number of allylic oxidation sites excluding steroid dienone is 6. The predicted octanol–water partition coefficient (Wildman–Crippen LogP) is 2.14. The summed E-state index contributed by atoms with van der Waals surface area (Å²) in [6.45, 7) is 4.60. The maximum atomic E-state index is 12.3. The van der Waals surface area contributed by atoms with E-state index >= 15 is 0 Å². The zero-order valence-electron chi connectivity index (χ0n) is 14.4. The van der Waals surface area contributed by atoms with Crippen molar-refractivity contribution in [3.63, 3.8) is 0 Å². The summed E-state index contributed by atoms with van der Waals surface area (Å²) in [7, 11) is 0. The number of aliphatic hydroxyl groups is 2. The second kappa shape index (κ2) is 6.50. The van der Waals surface area contributed by atoms with E-state index in [9.17, 15) is 24.6 Å². The Morgan fingerprint density at radius 2 is 1.68 bits per heavy atom. The van der Waals surface area contributed by atoms with E-state index in [-0.39, 0.29) is 35.5 Å². The molecule has 6 heteroatoms. The van der Waals surface area contributed by atoms with Crippen LogP contribution in [0.2, 0.25) is 0 Å². The molecule has 0 radical (unpaired) electrons. The van der Waals surface area contributed by atoms with Gasteiger partial charge in [0.05, 0.1) is 11.8 Å². The van der Waals surface area contributed by atoms with Crippen molar-refractivity contribution in [2.75, 3.05) is 6.54 Å². The molecule has 1 amide bonds. The molecule has 0 saturated heterocycles. The molecular formula is C19H23NO5. The van der Waals surface area contributed by atoms with E-state index in [2.05, 4.69) is 5.32 Å². The monoisotopic (exact) mass is 345 g/mol. The van der Waals surface area contributed by atoms with Gasteiger partial charge < -0.3 is 15.5 Å². The number of ketones is 2. The first kappa shape index (κ1) is 17.5. The van der Waals surface area contributed by atoms with Crippen LogP contribution in [0.25, 0.3) is 0 Å². The highest BCUT2D eigenvalue weighted by molar-refractivity contribution is 6.09. The number of carbonyl (C=O) groups is 3. The Morgan fingerprint density at radius 3 is 2.24 bits per heavy atom. The Bertz CT molecular complexity index is 728. The van der Waals surface area contributed by atoms with Crippen molar-refractivity contribution < 1.29 is 24.6 Å². The minimum absolute atomic E-state index is 0.0828. The number of hydrogen-bond donors (Lipinski definition) is 3. The average molecular weight is 345 g/mol. The molecule has 3 N–H and O–H groups in total. The van der Waals surface area contributed by atoms with Crippen molar-refractivity contribution in [1.82, 2.24) is 5.32 Å². The maximum absolute atomic E-state index is 12.3. The molecule has 3 aliphatic rings. The van der Waals surface area contributed by atoms with Gasteiger partial charge in [0, 0.05) is 12.5 Å². The van der Waals surface area contributed by atoms with Crippen LogP contribution in [0.4, 0.5) is 0 Å². The van der Waals surface area contributed by atoms with E-state index in [4.69, 9.17) is 0 Å². The molecule has 25 heavy (non-hydrogen) atoms. The molecule has 3 rings (SSSR count). The maximum Gasteiger partial charge on any atom is 0.223 e. The van der Waals surface area contributed by atoms with Gasteiger partial charge in [0.2, 0.25) is 5.91 Å². The SMILES string of the molecule is CC(C)CNC(=O)C1CCC2=C(O)C3C(=O)C=CC(=O)C3C(O)=C2C1. The minimum Gasteiger partial charge on any atom is -0.511 e. The molecule has 3 atom stereocenters. The lowest BCUT2D eigenvalue weighted by Crippen LogP contribution is -2.41. The van der Waals surface area contributed by atoms with Crippen LogP contribution in [0.15, 0.2) is 34.8 Å². The fourth-order valence-electron chi connectivity index (χ4n) is 3.82. The van der Waals surface area contributed by atoms with Crippen LogP contribution in [0.1, 0.15) is 33.1 Å². The largest absolute Gasteiger partial charge is 0.511 e. The first-order valence-electron chi connectivity index (χ1n) is 8.69. The van der Waals surface area contributed by atoms with Crippen molar-refractivity contribution in [1.29, 1.82) is 0 Å². The summed E-state index contributed by atoms with van der Waals surface area (Å²) in [6.07, 6.45) is 3.51. The van der Waals surface area contributed by atoms with Crippen LogP contribution in [-0.4, -0.2) is 34.2 Å². The van der Waals surface area contributed by atoms with Gasteiger partial charge in [-0.3, -0.25) is 14.4 Å². The Hall–Kier alpha value is -2.37. The summed E-state index contributed by atoms with van der Waals surface area (Å²) in [5.74, 6) is -3.20. The van der Waals surface area contributed by atoms with Crippen LogP contribution in [0.5, 0.6) is 0 Å². The fraction of sp³-hybridized carbons (Fsp3) is 0.526. The highest BCUT2D eigenvalue weighted by atomic mass is 16.3. The molecule has 1 fully saturated rings. The molecular weight excluding hydrogens is 322 g/mol. The van der Waals surface area contributed by atoms with Gasteiger partial charge in [-0.15, -0.1) is 0 Å². The van der Waals surface area contributed by atoms with Gasteiger partial charge in [-0.25, -0.2) is 0 Å². The van der Waals surface area contributed by atoms with Crippen molar-refractivity contribution in [3.8, 4) is 0 Å². The average Bonchev–Trinajstić information content (AvgIpc) is 2.59. The smallest absolute Gasteiger partial charge is 0.223 e. The molecule has 0 spiro atoms. The lowest BCUT2D eigenvalue weighted by molar-refractivity contribution is -0.128. The molecule has 0 aromatic carbocycles. The van der Waals surface area contributed by atoms with Crippen LogP contribution in [-0.2, 0) is 14.4 Å². The second-order valence-corrected chi connectivity index (χ2v) is 7.40. The Balaban J connectivity index is 1.88. The summed E-state index contributed by atoms with van der Waals surface area (Å²) in [5.41, 5.74) is 0.967. The van der Waals surface area contributed by atoms with Gasteiger partial charge in [0.15, 0.2) is 11.6 Å². The van der Waals surface area contributed by atoms with Crippen LogP contribution in [0.3, 0.4) is 0 Å². The molecule has 3 unspecified atom stereocenters. The Labute approximate surface area is 146 Å². The number of hydrogen-bond acceptors (Lipinski definition) is 5. The van der Waals surface area contributed by atoms with Crippen molar-refractivity contribution in [2.24, 2.45) is 23.7 Å². The van der Waals surface area contributed by atoms with Crippen LogP contribution in [0, 0.1) is 23.7 Å². The van der Waals surface area contributed by atoms with E-state index in [0.29, 0.717) is 36.5 Å². The van der Waals surface area contributed by atoms with Gasteiger partial charge in [-0.2, -0.15) is 0 Å². The lowest BCUT2D eigenvalue weighted by atomic mass is 9.68. The molecule has 1 saturated carbocycles. The third kappa shape index (κ3) is 3.01. The summed E-state index contributed by atoms with van der Waals surface area (Å²) < 4.78 is 0. The van der Waals surface area contributed by atoms with Crippen molar-refractivity contribution >= 4 is 17.5 Å². The van der Waals surface area contributed by atoms with Crippen LogP contribution < -0.4 is 5.32 Å². The third-order valence-electron chi connectivity index (χ3n) is 5.18. The molecule has 6 nitrogen and oxygen atoms in total. The summed E-state index contributed by atoms with van der Waals surface area (Å²) in [5, 5.41) is 24.0. The number of fused-ring (bicyclic) bond motifs is 2. The molecule has 134 valence electrons. The van der Waals surface area contributed by atoms with Gasteiger partial charge in [0.25, 0.3) is 0 Å². The highest BCUT2D eigenvalue weighted by Crippen LogP contribution is 2.46. The normalized spacial score (nSPS) is 29.0. The number of carbonyl (C=O) groups excluding carboxylic acids is 3. The number of nitrogens with one attached hydrogen (secondary N) is 1. The first-order chi connectivity index (χ1) is 11.8. The first-order valence-corrected chi connectivity index (χ1v) is 8.69. The van der Waals surface area contributed by atoms with Gasteiger partial charge >= 0.3 is 0 Å². The lowest BCUT2D eigenvalue weighted by Gasteiger charge is -2.36. The molecule has 3 aliphatic carbocycles. The number of amides is 1. The zero-order chi connectivity index (χ0) is 18.3. The summed E-state index contributed by atoms with van der Waals surface area (Å²) in [6, 6.07) is 0. The fourth-order valence-corrected chi connectivity index (χ4v) is 3.82. The Morgan fingerprint density at radius 1 is 1.12 bits per heavy atom. The summed E-state index contributed by atoms with van der Waals surface area (Å²) in [4.78, 5) is 36.6. The third-order valence-corrected chi connectivity index (χ3v) is 5.18.